The largest absolute Gasteiger partial charge is 0.379 e. The van der Waals surface area contributed by atoms with Crippen LogP contribution in [0.2, 0.25) is 0 Å². The molecule has 3 amide bonds. The fourth-order valence-corrected chi connectivity index (χ4v) is 3.41. The molecule has 0 unspecified atom stereocenters. The van der Waals surface area contributed by atoms with E-state index in [0.717, 1.165) is 5.69 Å². The molecule has 3 rings (SSSR count). The van der Waals surface area contributed by atoms with E-state index in [4.69, 9.17) is 5.73 Å². The minimum Gasteiger partial charge on any atom is -0.379 e. The molecule has 39 heavy (non-hydrogen) atoms. The first-order valence-electron chi connectivity index (χ1n) is 12.4. The molecule has 0 radical (unpaired) electrons. The van der Waals surface area contributed by atoms with E-state index in [1.165, 1.54) is 13.1 Å². The van der Waals surface area contributed by atoms with Gasteiger partial charge in [0.25, 0.3) is 11.5 Å². The Morgan fingerprint density at radius 1 is 0.897 bits per heavy atom. The van der Waals surface area contributed by atoms with Crippen molar-refractivity contribution in [2.45, 2.75) is 39.2 Å². The number of aromatic nitrogens is 4. The Kier molecular flexibility index (Phi) is 10.4. The number of fused-ring (bicyclic) bond motifs is 1. The molecule has 0 fully saturated rings. The zero-order valence-electron chi connectivity index (χ0n) is 21.5. The van der Waals surface area contributed by atoms with Gasteiger partial charge in [-0.25, -0.2) is 9.97 Å². The number of carbonyl (C=O) groups is 4. The van der Waals surface area contributed by atoms with Crippen LogP contribution >= 0.6 is 0 Å². The molecule has 14 nitrogen and oxygen atoms in total. The second kappa shape index (κ2) is 14.2. The lowest BCUT2D eigenvalue weighted by Crippen LogP contribution is -2.35. The van der Waals surface area contributed by atoms with Crippen molar-refractivity contribution in [2.75, 3.05) is 30.7 Å². The average molecular weight is 538 g/mol. The maximum atomic E-state index is 12.4. The summed E-state index contributed by atoms with van der Waals surface area (Å²) in [5.74, 6) is -0.748. The van der Waals surface area contributed by atoms with E-state index in [0.29, 0.717) is 30.8 Å². The fourth-order valence-electron chi connectivity index (χ4n) is 3.41. The number of nitrogen functional groups attached to an aromatic ring is 1. The molecule has 0 bridgehead atoms. The molecule has 0 spiro atoms. The topological polar surface area (TPSA) is 214 Å². The summed E-state index contributed by atoms with van der Waals surface area (Å²) in [6.07, 6.45) is 2.53. The summed E-state index contributed by atoms with van der Waals surface area (Å²) in [6.45, 7) is 2.63. The quantitative estimate of drug-likeness (QED) is 0.152. The number of anilines is 2. The lowest BCUT2D eigenvalue weighted by molar-refractivity contribution is -0.124. The fraction of sp³-hybridized carbons (Fsp3) is 0.360. The van der Waals surface area contributed by atoms with Crippen LogP contribution < -0.4 is 32.6 Å². The van der Waals surface area contributed by atoms with Gasteiger partial charge in [-0.2, -0.15) is 4.98 Å². The average Bonchev–Trinajstić information content (AvgIpc) is 2.91. The van der Waals surface area contributed by atoms with E-state index >= 15 is 0 Å². The molecule has 14 heteroatoms. The Morgan fingerprint density at radius 3 is 2.28 bits per heavy atom. The number of nitrogens with one attached hydrogen (secondary N) is 5. The van der Waals surface area contributed by atoms with Gasteiger partial charge in [0.05, 0.1) is 18.4 Å². The molecule has 0 atom stereocenters. The van der Waals surface area contributed by atoms with Crippen LogP contribution in [0.25, 0.3) is 11.2 Å². The molecule has 0 saturated heterocycles. The second-order valence-corrected chi connectivity index (χ2v) is 8.68. The van der Waals surface area contributed by atoms with E-state index in [1.807, 2.05) is 0 Å². The maximum Gasteiger partial charge on any atom is 0.280 e. The third kappa shape index (κ3) is 9.50. The van der Waals surface area contributed by atoms with Gasteiger partial charge in [-0.3, -0.25) is 24.2 Å². The summed E-state index contributed by atoms with van der Waals surface area (Å²) in [5.41, 5.74) is 7.04. The molecule has 2 heterocycles. The van der Waals surface area contributed by atoms with Gasteiger partial charge >= 0.3 is 0 Å². The highest BCUT2D eigenvalue weighted by molar-refractivity contribution is 5.94. The number of aromatic amines is 1. The predicted octanol–water partition coefficient (Wildman–Crippen LogP) is 0.0190. The number of nitrogens with two attached hydrogens (primary N) is 1. The first-order chi connectivity index (χ1) is 18.7. The van der Waals surface area contributed by atoms with Gasteiger partial charge in [-0.1, -0.05) is 0 Å². The third-order valence-electron chi connectivity index (χ3n) is 5.45. The van der Waals surface area contributed by atoms with E-state index < -0.39 is 5.56 Å². The summed E-state index contributed by atoms with van der Waals surface area (Å²) >= 11 is 0. The lowest BCUT2D eigenvalue weighted by atomic mass is 10.2. The SMILES string of the molecule is CC(=O)CCC(=O)NCCNC(=O)CCCNC(=O)c1ccc(NCc2cnc3nc(N)[nH]c(=O)c3n2)cc1. The molecule has 0 aliphatic rings. The second-order valence-electron chi connectivity index (χ2n) is 8.68. The molecule has 1 aromatic carbocycles. The Labute approximate surface area is 223 Å². The summed E-state index contributed by atoms with van der Waals surface area (Å²) in [7, 11) is 0. The molecule has 0 saturated carbocycles. The monoisotopic (exact) mass is 537 g/mol. The number of ketones is 1. The zero-order chi connectivity index (χ0) is 28.2. The van der Waals surface area contributed by atoms with Crippen LogP contribution in [0.15, 0.2) is 35.3 Å². The van der Waals surface area contributed by atoms with Crippen molar-refractivity contribution < 1.29 is 19.2 Å². The number of nitrogens with zero attached hydrogens (tertiary/aromatic N) is 3. The summed E-state index contributed by atoms with van der Waals surface area (Å²) in [4.78, 5) is 73.3. The number of benzene rings is 1. The highest BCUT2D eigenvalue weighted by atomic mass is 16.2. The van der Waals surface area contributed by atoms with Crippen molar-refractivity contribution in [1.82, 2.24) is 35.9 Å². The van der Waals surface area contributed by atoms with Crippen LogP contribution in [-0.4, -0.2) is 63.1 Å². The minimum absolute atomic E-state index is 0.0274. The number of hydrogen-bond acceptors (Lipinski definition) is 10. The van der Waals surface area contributed by atoms with Crippen LogP contribution in [0.1, 0.15) is 48.7 Å². The van der Waals surface area contributed by atoms with Gasteiger partial charge in [-0.15, -0.1) is 0 Å². The molecular weight excluding hydrogens is 506 g/mol. The van der Waals surface area contributed by atoms with Gasteiger partial charge in [0.2, 0.25) is 17.8 Å². The van der Waals surface area contributed by atoms with Gasteiger partial charge in [0, 0.05) is 50.1 Å². The van der Waals surface area contributed by atoms with E-state index in [-0.39, 0.29) is 73.0 Å². The molecular formula is C25H31N9O5. The predicted molar refractivity (Wildman–Crippen MR) is 144 cm³/mol. The van der Waals surface area contributed by atoms with Crippen molar-refractivity contribution in [3.05, 3.63) is 52.1 Å². The van der Waals surface area contributed by atoms with Gasteiger partial charge < -0.3 is 31.8 Å². The van der Waals surface area contributed by atoms with Crippen LogP contribution in [0.5, 0.6) is 0 Å². The number of hydrogen-bond donors (Lipinski definition) is 6. The molecule has 3 aromatic rings. The Morgan fingerprint density at radius 2 is 1.59 bits per heavy atom. The number of amides is 3. The number of rotatable bonds is 14. The van der Waals surface area contributed by atoms with Gasteiger partial charge in [-0.05, 0) is 37.6 Å². The maximum absolute atomic E-state index is 12.4. The first kappa shape index (κ1) is 28.7. The first-order valence-corrected chi connectivity index (χ1v) is 12.4. The number of carbonyl (C=O) groups excluding carboxylic acids is 4. The number of H-pyrrole nitrogens is 1. The summed E-state index contributed by atoms with van der Waals surface area (Å²) in [6, 6.07) is 6.81. The van der Waals surface area contributed by atoms with Gasteiger partial charge in [0.1, 0.15) is 5.78 Å². The minimum atomic E-state index is -0.466. The zero-order valence-corrected chi connectivity index (χ0v) is 21.5. The summed E-state index contributed by atoms with van der Waals surface area (Å²) in [5, 5.41) is 11.3. The Hall–Kier alpha value is -4.88. The highest BCUT2D eigenvalue weighted by Gasteiger charge is 2.09. The van der Waals surface area contributed by atoms with E-state index in [1.54, 1.807) is 24.3 Å². The lowest BCUT2D eigenvalue weighted by Gasteiger charge is -2.09. The van der Waals surface area contributed by atoms with Crippen molar-refractivity contribution in [2.24, 2.45) is 0 Å². The molecule has 0 aliphatic carbocycles. The van der Waals surface area contributed by atoms with Crippen molar-refractivity contribution in [3.8, 4) is 0 Å². The summed E-state index contributed by atoms with van der Waals surface area (Å²) < 4.78 is 0. The van der Waals surface area contributed by atoms with Crippen LogP contribution in [0.3, 0.4) is 0 Å². The molecule has 206 valence electrons. The Bertz CT molecular complexity index is 1390. The van der Waals surface area contributed by atoms with Crippen LogP contribution in [0.4, 0.5) is 11.6 Å². The highest BCUT2D eigenvalue weighted by Crippen LogP contribution is 2.11. The van der Waals surface area contributed by atoms with E-state index in [9.17, 15) is 24.0 Å². The van der Waals surface area contributed by atoms with E-state index in [2.05, 4.69) is 41.2 Å². The molecule has 2 aromatic heterocycles. The standard InChI is InChI=1S/C25H31N9O5/c1-15(35)4-9-20(37)28-12-11-27-19(36)3-2-10-29-23(38)16-5-7-17(8-6-16)30-13-18-14-31-22-21(32-18)24(39)34-25(26)33-22/h5-8,14,30H,2-4,9-13H2,1H3,(H,27,36)(H,28,37)(H,29,38)(H3,26,31,33,34,39). The molecule has 0 aliphatic heterocycles. The molecule has 7 N–H and O–H groups in total. The smallest absolute Gasteiger partial charge is 0.280 e. The van der Waals surface area contributed by atoms with Crippen molar-refractivity contribution >= 4 is 46.3 Å². The van der Waals surface area contributed by atoms with Crippen molar-refractivity contribution in [3.63, 3.8) is 0 Å². The third-order valence-corrected chi connectivity index (χ3v) is 5.45. The normalized spacial score (nSPS) is 10.6. The van der Waals surface area contributed by atoms with Crippen LogP contribution in [0, 0.1) is 0 Å². The van der Waals surface area contributed by atoms with Gasteiger partial charge in [0.15, 0.2) is 11.2 Å². The van der Waals surface area contributed by atoms with Crippen LogP contribution in [-0.2, 0) is 20.9 Å². The number of Topliss-reactive ketones (excluding diaryl/α,β-unsaturated/α-hetero) is 1. The Balaban J connectivity index is 1.33. The van der Waals surface area contributed by atoms with Crippen molar-refractivity contribution in [1.29, 1.82) is 0 Å².